The molecule has 0 saturated carbocycles. The number of fused-ring (bicyclic) bond motifs is 1. The molecule has 1 N–H and O–H groups in total. The second-order valence-corrected chi connectivity index (χ2v) is 8.27. The summed E-state index contributed by atoms with van der Waals surface area (Å²) in [4.78, 5) is 7.70. The van der Waals surface area contributed by atoms with Crippen LogP contribution in [0.25, 0.3) is 22.7 Å². The van der Waals surface area contributed by atoms with Gasteiger partial charge in [-0.2, -0.15) is 5.26 Å². The third kappa shape index (κ3) is 4.79. The van der Waals surface area contributed by atoms with Crippen molar-refractivity contribution in [3.05, 3.63) is 92.4 Å². The number of nitrogens with zero attached hydrogens (tertiary/aromatic N) is 2. The largest absolute Gasteiger partial charge is 0.486 e. The first-order chi connectivity index (χ1) is 14.9. The maximum Gasteiger partial charge on any atom is 0.152 e. The third-order valence-corrected chi connectivity index (χ3v) is 5.51. The van der Waals surface area contributed by atoms with E-state index in [1.165, 1.54) is 12.1 Å². The minimum atomic E-state index is -0.299. The van der Waals surface area contributed by atoms with E-state index in [1.54, 1.807) is 24.3 Å². The van der Waals surface area contributed by atoms with E-state index in [2.05, 4.69) is 32.0 Å². The average Bonchev–Trinajstić information content (AvgIpc) is 3.15. The highest BCUT2D eigenvalue weighted by atomic mass is 79.9. The molecular formula is C24H16BrClFN3O. The number of benzene rings is 3. The van der Waals surface area contributed by atoms with Crippen molar-refractivity contribution in [3.63, 3.8) is 0 Å². The lowest BCUT2D eigenvalue weighted by Crippen LogP contribution is -1.97. The predicted octanol–water partition coefficient (Wildman–Crippen LogP) is 7.07. The van der Waals surface area contributed by atoms with Gasteiger partial charge in [-0.05, 0) is 82.0 Å². The molecule has 4 nitrogen and oxygen atoms in total. The highest BCUT2D eigenvalue weighted by Gasteiger charge is 2.12. The highest BCUT2D eigenvalue weighted by Crippen LogP contribution is 2.36. The lowest BCUT2D eigenvalue weighted by atomic mass is 10.1. The molecule has 0 aliphatic heterocycles. The number of aromatic nitrogens is 2. The molecule has 154 valence electrons. The number of allylic oxidation sites excluding steroid dienone is 1. The zero-order valence-electron chi connectivity index (χ0n) is 16.4. The normalized spacial score (nSPS) is 11.5. The molecule has 31 heavy (non-hydrogen) atoms. The van der Waals surface area contributed by atoms with E-state index in [-0.39, 0.29) is 12.4 Å². The highest BCUT2D eigenvalue weighted by molar-refractivity contribution is 9.10. The summed E-state index contributed by atoms with van der Waals surface area (Å²) in [6.07, 6.45) is 1.71. The lowest BCUT2D eigenvalue weighted by Gasteiger charge is -2.11. The number of hydrogen-bond acceptors (Lipinski definition) is 3. The van der Waals surface area contributed by atoms with Crippen molar-refractivity contribution in [1.82, 2.24) is 9.97 Å². The molecule has 0 saturated heterocycles. The zero-order chi connectivity index (χ0) is 22.0. The molecule has 0 fully saturated rings. The van der Waals surface area contributed by atoms with Crippen molar-refractivity contribution in [3.8, 4) is 11.8 Å². The quantitative estimate of drug-likeness (QED) is 0.301. The van der Waals surface area contributed by atoms with Gasteiger partial charge in [0.25, 0.3) is 0 Å². The molecule has 0 amide bonds. The van der Waals surface area contributed by atoms with Crippen LogP contribution in [0.2, 0.25) is 5.02 Å². The Bertz CT molecular complexity index is 1320. The van der Waals surface area contributed by atoms with Crippen LogP contribution in [0.1, 0.15) is 22.5 Å². The number of nitriles is 1. The van der Waals surface area contributed by atoms with Crippen molar-refractivity contribution >= 4 is 50.2 Å². The Morgan fingerprint density at radius 2 is 2.00 bits per heavy atom. The number of H-pyrrole nitrogens is 1. The number of ether oxygens (including phenoxy) is 1. The molecule has 4 aromatic rings. The maximum atomic E-state index is 13.1. The van der Waals surface area contributed by atoms with Gasteiger partial charge in [0.1, 0.15) is 24.3 Å². The van der Waals surface area contributed by atoms with Crippen molar-refractivity contribution in [2.75, 3.05) is 0 Å². The first-order valence-corrected chi connectivity index (χ1v) is 10.5. The Labute approximate surface area is 192 Å². The van der Waals surface area contributed by atoms with Gasteiger partial charge in [0.05, 0.1) is 26.1 Å². The van der Waals surface area contributed by atoms with Gasteiger partial charge < -0.3 is 9.72 Å². The Morgan fingerprint density at radius 3 is 2.71 bits per heavy atom. The van der Waals surface area contributed by atoms with Gasteiger partial charge in [0.2, 0.25) is 0 Å². The van der Waals surface area contributed by atoms with Gasteiger partial charge in [-0.25, -0.2) is 9.37 Å². The molecule has 0 unspecified atom stereocenters. The van der Waals surface area contributed by atoms with Crippen molar-refractivity contribution in [2.45, 2.75) is 13.5 Å². The number of nitrogens with one attached hydrogen (secondary N) is 1. The molecule has 0 atom stereocenters. The molecule has 4 rings (SSSR count). The fourth-order valence-corrected chi connectivity index (χ4v) is 4.10. The minimum Gasteiger partial charge on any atom is -0.486 e. The number of aryl methyl sites for hydroxylation is 1. The molecule has 1 heterocycles. The van der Waals surface area contributed by atoms with Gasteiger partial charge in [-0.1, -0.05) is 29.8 Å². The topological polar surface area (TPSA) is 61.7 Å². The Hall–Kier alpha value is -3.14. The number of rotatable bonds is 5. The van der Waals surface area contributed by atoms with Crippen LogP contribution < -0.4 is 4.74 Å². The maximum absolute atomic E-state index is 13.1. The predicted molar refractivity (Wildman–Crippen MR) is 124 cm³/mol. The van der Waals surface area contributed by atoms with Crippen LogP contribution in [0.5, 0.6) is 5.75 Å². The monoisotopic (exact) mass is 495 g/mol. The van der Waals surface area contributed by atoms with E-state index >= 15 is 0 Å². The van der Waals surface area contributed by atoms with E-state index in [0.29, 0.717) is 26.6 Å². The molecule has 0 radical (unpaired) electrons. The second kappa shape index (κ2) is 8.93. The van der Waals surface area contributed by atoms with E-state index in [1.807, 2.05) is 31.2 Å². The van der Waals surface area contributed by atoms with Crippen LogP contribution in [-0.2, 0) is 6.61 Å². The molecule has 1 aromatic heterocycles. The van der Waals surface area contributed by atoms with Crippen molar-refractivity contribution in [2.24, 2.45) is 0 Å². The summed E-state index contributed by atoms with van der Waals surface area (Å²) in [5.41, 5.74) is 4.71. The summed E-state index contributed by atoms with van der Waals surface area (Å²) in [7, 11) is 0. The summed E-state index contributed by atoms with van der Waals surface area (Å²) in [5, 5.41) is 10.1. The van der Waals surface area contributed by atoms with E-state index in [0.717, 1.165) is 27.7 Å². The first kappa shape index (κ1) is 21.1. The fraction of sp³-hybridized carbons (Fsp3) is 0.0833. The first-order valence-electron chi connectivity index (χ1n) is 9.38. The van der Waals surface area contributed by atoms with Gasteiger partial charge in [-0.3, -0.25) is 0 Å². The van der Waals surface area contributed by atoms with Crippen LogP contribution in [0, 0.1) is 24.1 Å². The van der Waals surface area contributed by atoms with Gasteiger partial charge in [0, 0.05) is 0 Å². The fourth-order valence-electron chi connectivity index (χ4n) is 3.11. The Morgan fingerprint density at radius 1 is 1.23 bits per heavy atom. The molecule has 0 aliphatic carbocycles. The van der Waals surface area contributed by atoms with Crippen LogP contribution >= 0.6 is 27.5 Å². The van der Waals surface area contributed by atoms with E-state index in [9.17, 15) is 9.65 Å². The molecule has 0 bridgehead atoms. The smallest absolute Gasteiger partial charge is 0.152 e. The van der Waals surface area contributed by atoms with Gasteiger partial charge in [-0.15, -0.1) is 0 Å². The molecule has 0 spiro atoms. The minimum absolute atomic E-state index is 0.246. The van der Waals surface area contributed by atoms with Crippen LogP contribution in [0.4, 0.5) is 4.39 Å². The van der Waals surface area contributed by atoms with Crippen LogP contribution in [0.3, 0.4) is 0 Å². The SMILES string of the molecule is Cc1ccc2nc(/C(C#N)=C\c3cc(Cl)c(OCc4ccc(F)cc4)c(Br)c3)[nH]c2c1. The molecule has 7 heteroatoms. The standard InChI is InChI=1S/C24H16BrClFN3O/c1-14-2-7-21-22(8-14)30-24(29-21)17(12-28)9-16-10-19(25)23(20(26)11-16)31-13-15-3-5-18(27)6-4-15/h2-11H,13H2,1H3,(H,29,30)/b17-9-. The summed E-state index contributed by atoms with van der Waals surface area (Å²) >= 11 is 9.91. The Kier molecular flexibility index (Phi) is 6.08. The van der Waals surface area contributed by atoms with Crippen molar-refractivity contribution in [1.29, 1.82) is 5.26 Å². The Balaban J connectivity index is 1.60. The number of halogens is 3. The molecule has 3 aromatic carbocycles. The number of imidazole rings is 1. The van der Waals surface area contributed by atoms with Crippen molar-refractivity contribution < 1.29 is 9.13 Å². The summed E-state index contributed by atoms with van der Waals surface area (Å²) in [5.74, 6) is 0.667. The van der Waals surface area contributed by atoms with Gasteiger partial charge >= 0.3 is 0 Å². The summed E-state index contributed by atoms with van der Waals surface area (Å²) in [6, 6.07) is 17.7. The van der Waals surface area contributed by atoms with Gasteiger partial charge in [0.15, 0.2) is 5.75 Å². The number of aromatic amines is 1. The second-order valence-electron chi connectivity index (χ2n) is 7.00. The van der Waals surface area contributed by atoms with E-state index in [4.69, 9.17) is 16.3 Å². The van der Waals surface area contributed by atoms with Crippen LogP contribution in [-0.4, -0.2) is 9.97 Å². The average molecular weight is 497 g/mol. The summed E-state index contributed by atoms with van der Waals surface area (Å²) in [6.45, 7) is 2.25. The molecular weight excluding hydrogens is 481 g/mol. The number of hydrogen-bond donors (Lipinski definition) is 1. The summed E-state index contributed by atoms with van der Waals surface area (Å²) < 4.78 is 19.5. The molecule has 0 aliphatic rings. The lowest BCUT2D eigenvalue weighted by molar-refractivity contribution is 0.304. The zero-order valence-corrected chi connectivity index (χ0v) is 18.8. The third-order valence-electron chi connectivity index (χ3n) is 4.64. The van der Waals surface area contributed by atoms with E-state index < -0.39 is 0 Å². The van der Waals surface area contributed by atoms with Crippen LogP contribution in [0.15, 0.2) is 59.1 Å².